The summed E-state index contributed by atoms with van der Waals surface area (Å²) in [5, 5.41) is 18.2. The summed E-state index contributed by atoms with van der Waals surface area (Å²) in [5.41, 5.74) is 2.99. The summed E-state index contributed by atoms with van der Waals surface area (Å²) in [6, 6.07) is 7.22. The zero-order valence-electron chi connectivity index (χ0n) is 9.46. The average Bonchev–Trinajstić information content (AvgIpc) is 2.67. The topological polar surface area (TPSA) is 91.6 Å². The number of amides is 1. The Morgan fingerprint density at radius 2 is 2.00 bits per heavy atom. The summed E-state index contributed by atoms with van der Waals surface area (Å²) in [6.45, 7) is -0.165. The lowest BCUT2D eigenvalue weighted by Gasteiger charge is -1.99. The van der Waals surface area contributed by atoms with E-state index in [2.05, 4.69) is 0 Å². The number of para-hydroxylation sites is 1. The van der Waals surface area contributed by atoms with Gasteiger partial charge in [0.1, 0.15) is 6.54 Å². The predicted molar refractivity (Wildman–Crippen MR) is 63.2 cm³/mol. The molecule has 2 aromatic rings. The van der Waals surface area contributed by atoms with Crippen LogP contribution in [0.5, 0.6) is 0 Å². The highest BCUT2D eigenvalue weighted by molar-refractivity contribution is 5.89. The second kappa shape index (κ2) is 4.89. The Kier molecular flexibility index (Phi) is 3.29. The van der Waals surface area contributed by atoms with Gasteiger partial charge in [-0.2, -0.15) is 0 Å². The highest BCUT2D eigenvalue weighted by Gasteiger charge is 2.12. The lowest BCUT2D eigenvalue weighted by atomic mass is 10.1. The van der Waals surface area contributed by atoms with Crippen LogP contribution in [0.3, 0.4) is 0 Å². The van der Waals surface area contributed by atoms with Crippen LogP contribution >= 0.6 is 0 Å². The number of aliphatic carboxylic acids is 1. The van der Waals surface area contributed by atoms with Gasteiger partial charge in [-0.3, -0.25) is 14.8 Å². The molecule has 1 heterocycles. The number of carbonyl (C=O) groups is 2. The van der Waals surface area contributed by atoms with Gasteiger partial charge < -0.3 is 9.67 Å². The van der Waals surface area contributed by atoms with Gasteiger partial charge in [0, 0.05) is 17.1 Å². The molecule has 3 N–H and O–H groups in total. The SMILES string of the molecule is O=C(O)Cn1cc(CC(=O)NO)c2ccccc21. The van der Waals surface area contributed by atoms with Crippen LogP contribution in [0.1, 0.15) is 5.56 Å². The molecule has 0 aliphatic rings. The molecule has 0 radical (unpaired) electrons. The van der Waals surface area contributed by atoms with Gasteiger partial charge in [0.25, 0.3) is 0 Å². The van der Waals surface area contributed by atoms with Gasteiger partial charge in [-0.25, -0.2) is 5.48 Å². The largest absolute Gasteiger partial charge is 0.480 e. The number of rotatable bonds is 4. The molecular weight excluding hydrogens is 236 g/mol. The second-order valence-corrected chi connectivity index (χ2v) is 3.90. The third kappa shape index (κ3) is 2.33. The Hall–Kier alpha value is -2.34. The van der Waals surface area contributed by atoms with E-state index in [0.29, 0.717) is 5.56 Å². The minimum atomic E-state index is -0.950. The number of hydroxylamine groups is 1. The van der Waals surface area contributed by atoms with Gasteiger partial charge in [-0.1, -0.05) is 18.2 Å². The highest BCUT2D eigenvalue weighted by Crippen LogP contribution is 2.21. The molecule has 0 aliphatic heterocycles. The third-order valence-corrected chi connectivity index (χ3v) is 2.65. The molecule has 0 saturated carbocycles. The second-order valence-electron chi connectivity index (χ2n) is 3.90. The first-order chi connectivity index (χ1) is 8.61. The number of nitrogens with one attached hydrogen (secondary N) is 1. The van der Waals surface area contributed by atoms with Crippen LogP contribution < -0.4 is 5.48 Å². The number of hydrogen-bond acceptors (Lipinski definition) is 3. The Morgan fingerprint density at radius 3 is 2.67 bits per heavy atom. The van der Waals surface area contributed by atoms with Crippen molar-refractivity contribution in [1.82, 2.24) is 10.0 Å². The van der Waals surface area contributed by atoms with Crippen molar-refractivity contribution in [3.05, 3.63) is 36.0 Å². The number of benzene rings is 1. The van der Waals surface area contributed by atoms with E-state index >= 15 is 0 Å². The smallest absolute Gasteiger partial charge is 0.323 e. The maximum atomic E-state index is 11.2. The van der Waals surface area contributed by atoms with E-state index in [4.69, 9.17) is 10.3 Å². The molecule has 1 aromatic carbocycles. The number of hydrogen-bond donors (Lipinski definition) is 3. The molecule has 0 saturated heterocycles. The number of carboxylic acids is 1. The predicted octanol–water partition coefficient (Wildman–Crippen LogP) is 0.774. The molecule has 1 amide bonds. The van der Waals surface area contributed by atoms with E-state index in [1.165, 1.54) is 0 Å². The van der Waals surface area contributed by atoms with Crippen molar-refractivity contribution in [2.45, 2.75) is 13.0 Å². The van der Waals surface area contributed by atoms with E-state index in [1.54, 1.807) is 28.4 Å². The van der Waals surface area contributed by atoms with E-state index < -0.39 is 11.9 Å². The zero-order valence-corrected chi connectivity index (χ0v) is 9.46. The molecule has 6 heteroatoms. The molecule has 0 unspecified atom stereocenters. The van der Waals surface area contributed by atoms with Crippen molar-refractivity contribution in [3.8, 4) is 0 Å². The first-order valence-corrected chi connectivity index (χ1v) is 5.33. The summed E-state index contributed by atoms with van der Waals surface area (Å²) in [4.78, 5) is 21.9. The fourth-order valence-corrected chi connectivity index (χ4v) is 1.95. The fraction of sp³-hybridized carbons (Fsp3) is 0.167. The average molecular weight is 248 g/mol. The van der Waals surface area contributed by atoms with Crippen molar-refractivity contribution in [1.29, 1.82) is 0 Å². The summed E-state index contributed by atoms with van der Waals surface area (Å²) < 4.78 is 1.57. The molecular formula is C12H12N2O4. The normalized spacial score (nSPS) is 10.5. The van der Waals surface area contributed by atoms with Crippen LogP contribution in [-0.4, -0.2) is 26.8 Å². The van der Waals surface area contributed by atoms with Gasteiger partial charge >= 0.3 is 5.97 Å². The molecule has 0 atom stereocenters. The van der Waals surface area contributed by atoms with Crippen molar-refractivity contribution >= 4 is 22.8 Å². The molecule has 2 rings (SSSR count). The van der Waals surface area contributed by atoms with Crippen molar-refractivity contribution in [3.63, 3.8) is 0 Å². The van der Waals surface area contributed by atoms with Crippen LogP contribution in [0.4, 0.5) is 0 Å². The zero-order chi connectivity index (χ0) is 13.1. The van der Waals surface area contributed by atoms with Gasteiger partial charge in [0.05, 0.1) is 6.42 Å². The molecule has 0 aliphatic carbocycles. The highest BCUT2D eigenvalue weighted by atomic mass is 16.5. The molecule has 0 bridgehead atoms. The molecule has 0 spiro atoms. The number of carbonyl (C=O) groups excluding carboxylic acids is 1. The van der Waals surface area contributed by atoms with Crippen molar-refractivity contribution < 1.29 is 19.9 Å². The van der Waals surface area contributed by atoms with Crippen LogP contribution in [0.25, 0.3) is 10.9 Å². The number of nitrogens with zero attached hydrogens (tertiary/aromatic N) is 1. The third-order valence-electron chi connectivity index (χ3n) is 2.65. The van der Waals surface area contributed by atoms with Crippen LogP contribution in [0.2, 0.25) is 0 Å². The first-order valence-electron chi connectivity index (χ1n) is 5.33. The monoisotopic (exact) mass is 248 g/mol. The Labute approximate surface area is 102 Å². The Balaban J connectivity index is 2.47. The van der Waals surface area contributed by atoms with E-state index in [0.717, 1.165) is 10.9 Å². The van der Waals surface area contributed by atoms with Crippen molar-refractivity contribution in [2.75, 3.05) is 0 Å². The van der Waals surface area contributed by atoms with Crippen LogP contribution in [0.15, 0.2) is 30.5 Å². The molecule has 94 valence electrons. The van der Waals surface area contributed by atoms with Gasteiger partial charge in [0.15, 0.2) is 0 Å². The Morgan fingerprint density at radius 1 is 1.28 bits per heavy atom. The van der Waals surface area contributed by atoms with Crippen LogP contribution in [-0.2, 0) is 22.6 Å². The number of carboxylic acid groups (broad SMARTS) is 1. The van der Waals surface area contributed by atoms with E-state index in [-0.39, 0.29) is 13.0 Å². The maximum Gasteiger partial charge on any atom is 0.323 e. The quantitative estimate of drug-likeness (QED) is 0.550. The first kappa shape index (κ1) is 12.1. The van der Waals surface area contributed by atoms with Crippen LogP contribution in [0, 0.1) is 0 Å². The number of aromatic nitrogens is 1. The summed E-state index contributed by atoms with van der Waals surface area (Å²) in [6.07, 6.45) is 1.62. The Bertz CT molecular complexity index is 603. The summed E-state index contributed by atoms with van der Waals surface area (Å²) in [5.74, 6) is -1.48. The molecule has 1 aromatic heterocycles. The fourth-order valence-electron chi connectivity index (χ4n) is 1.95. The lowest BCUT2D eigenvalue weighted by molar-refractivity contribution is -0.137. The van der Waals surface area contributed by atoms with E-state index in [1.807, 2.05) is 12.1 Å². The van der Waals surface area contributed by atoms with Gasteiger partial charge in [-0.15, -0.1) is 0 Å². The van der Waals surface area contributed by atoms with E-state index in [9.17, 15) is 9.59 Å². The summed E-state index contributed by atoms with van der Waals surface area (Å²) >= 11 is 0. The molecule has 18 heavy (non-hydrogen) atoms. The maximum absolute atomic E-state index is 11.2. The summed E-state index contributed by atoms with van der Waals surface area (Å²) in [7, 11) is 0. The standard InChI is InChI=1S/C12H12N2O4/c15-11(13-18)5-8-6-14(7-12(16)17)10-4-2-1-3-9(8)10/h1-4,6,18H,5,7H2,(H,13,15)(H,16,17). The molecule has 6 nitrogen and oxygen atoms in total. The minimum Gasteiger partial charge on any atom is -0.480 e. The van der Waals surface area contributed by atoms with Crippen molar-refractivity contribution in [2.24, 2.45) is 0 Å². The molecule has 0 fully saturated rings. The lowest BCUT2D eigenvalue weighted by Crippen LogP contribution is -2.20. The minimum absolute atomic E-state index is 0.00360. The van der Waals surface area contributed by atoms with Gasteiger partial charge in [0.2, 0.25) is 5.91 Å². The number of fused-ring (bicyclic) bond motifs is 1. The van der Waals surface area contributed by atoms with Gasteiger partial charge in [-0.05, 0) is 11.6 Å².